The number of halogens is 1. The van der Waals surface area contributed by atoms with Crippen LogP contribution < -0.4 is 9.64 Å². The van der Waals surface area contributed by atoms with Gasteiger partial charge in [-0.15, -0.1) is 0 Å². The largest absolute Gasteiger partial charge is 0.487 e. The summed E-state index contributed by atoms with van der Waals surface area (Å²) in [4.78, 5) is 18.2. The van der Waals surface area contributed by atoms with Gasteiger partial charge in [0.25, 0.3) is 5.91 Å². The van der Waals surface area contributed by atoms with E-state index in [2.05, 4.69) is 10.1 Å². The molecule has 0 atom stereocenters. The molecule has 1 aliphatic heterocycles. The number of nitrogens with zero attached hydrogens (tertiary/aromatic N) is 4. The molecule has 2 aromatic heterocycles. The Morgan fingerprint density at radius 3 is 2.85 bits per heavy atom. The Kier molecular flexibility index (Phi) is 4.12. The quantitative estimate of drug-likeness (QED) is 0.724. The summed E-state index contributed by atoms with van der Waals surface area (Å²) < 4.78 is 20.5. The van der Waals surface area contributed by atoms with E-state index in [1.807, 2.05) is 31.2 Å². The molecule has 26 heavy (non-hydrogen) atoms. The van der Waals surface area contributed by atoms with E-state index < -0.39 is 5.82 Å². The Morgan fingerprint density at radius 2 is 2.08 bits per heavy atom. The van der Waals surface area contributed by atoms with E-state index >= 15 is 0 Å². The summed E-state index contributed by atoms with van der Waals surface area (Å²) in [7, 11) is 0. The Bertz CT molecular complexity index is 952. The third kappa shape index (κ3) is 3.15. The minimum Gasteiger partial charge on any atom is -0.487 e. The molecular weight excluding hydrogens is 335 g/mol. The molecule has 1 aromatic carbocycles. The molecule has 0 unspecified atom stereocenters. The number of carbonyl (C=O) groups excluding carboxylic acids is 1. The maximum absolute atomic E-state index is 13.0. The first-order valence-corrected chi connectivity index (χ1v) is 8.30. The summed E-state index contributed by atoms with van der Waals surface area (Å²) in [6.07, 6.45) is 1.11. The molecule has 0 radical (unpaired) electrons. The average Bonchev–Trinajstić information content (AvgIpc) is 3.06. The number of aromatic nitrogens is 3. The van der Waals surface area contributed by atoms with Crippen LogP contribution >= 0.6 is 0 Å². The summed E-state index contributed by atoms with van der Waals surface area (Å²) in [6, 6.07) is 12.3. The van der Waals surface area contributed by atoms with Crippen LogP contribution in [0.1, 0.15) is 21.7 Å². The van der Waals surface area contributed by atoms with Crippen molar-refractivity contribution in [3.8, 4) is 5.75 Å². The summed E-state index contributed by atoms with van der Waals surface area (Å²) in [5.74, 6) is 0.560. The monoisotopic (exact) mass is 352 g/mol. The molecule has 4 rings (SSSR count). The van der Waals surface area contributed by atoms with Crippen LogP contribution in [0.25, 0.3) is 0 Å². The van der Waals surface area contributed by atoms with Crippen molar-refractivity contribution < 1.29 is 13.9 Å². The number of aryl methyl sites for hydroxylation is 1. The van der Waals surface area contributed by atoms with Crippen LogP contribution in [0.5, 0.6) is 5.75 Å². The van der Waals surface area contributed by atoms with Crippen LogP contribution in [0, 0.1) is 12.7 Å². The molecule has 7 heteroatoms. The number of fused-ring (bicyclic) bond motifs is 1. The number of amides is 1. The highest BCUT2D eigenvalue weighted by Gasteiger charge is 2.28. The highest BCUT2D eigenvalue weighted by molar-refractivity contribution is 6.05. The highest BCUT2D eigenvalue weighted by Crippen LogP contribution is 2.21. The number of benzene rings is 1. The topological polar surface area (TPSA) is 60.2 Å². The molecule has 0 spiro atoms. The highest BCUT2D eigenvalue weighted by atomic mass is 19.1. The fraction of sp³-hybridized carbons (Fsp3) is 0.211. The number of rotatable bonds is 4. The second-order valence-corrected chi connectivity index (χ2v) is 6.14. The van der Waals surface area contributed by atoms with Crippen molar-refractivity contribution in [2.75, 3.05) is 11.4 Å². The molecule has 0 N–H and O–H groups in total. The maximum Gasteiger partial charge on any atom is 0.277 e. The van der Waals surface area contributed by atoms with Gasteiger partial charge in [-0.1, -0.05) is 12.1 Å². The van der Waals surface area contributed by atoms with Gasteiger partial charge in [0.1, 0.15) is 35.4 Å². The van der Waals surface area contributed by atoms with Crippen molar-refractivity contribution in [3.63, 3.8) is 0 Å². The van der Waals surface area contributed by atoms with Gasteiger partial charge >= 0.3 is 0 Å². The molecule has 3 heterocycles. The fourth-order valence-corrected chi connectivity index (χ4v) is 2.93. The van der Waals surface area contributed by atoms with Crippen molar-refractivity contribution in [3.05, 3.63) is 71.4 Å². The fourth-order valence-electron chi connectivity index (χ4n) is 2.93. The molecule has 0 saturated carbocycles. The van der Waals surface area contributed by atoms with Crippen molar-refractivity contribution in [1.29, 1.82) is 0 Å². The zero-order valence-corrected chi connectivity index (χ0v) is 14.2. The van der Waals surface area contributed by atoms with Crippen LogP contribution in [0.4, 0.5) is 10.2 Å². The Morgan fingerprint density at radius 1 is 1.19 bits per heavy atom. The molecule has 6 nitrogen and oxygen atoms in total. The van der Waals surface area contributed by atoms with E-state index in [-0.39, 0.29) is 12.5 Å². The van der Waals surface area contributed by atoms with Crippen LogP contribution in [0.15, 0.2) is 48.7 Å². The third-order valence-electron chi connectivity index (χ3n) is 4.19. The van der Waals surface area contributed by atoms with Crippen LogP contribution in [-0.2, 0) is 13.2 Å². The lowest BCUT2D eigenvalue weighted by atomic mass is 10.2. The van der Waals surface area contributed by atoms with E-state index in [0.29, 0.717) is 30.3 Å². The van der Waals surface area contributed by atoms with Gasteiger partial charge in [0.2, 0.25) is 0 Å². The lowest BCUT2D eigenvalue weighted by Gasteiger charge is -2.26. The predicted octanol–water partition coefficient (Wildman–Crippen LogP) is 2.97. The molecule has 132 valence electrons. The molecule has 1 aliphatic rings. The van der Waals surface area contributed by atoms with Gasteiger partial charge in [0.15, 0.2) is 0 Å². The van der Waals surface area contributed by atoms with Gasteiger partial charge in [-0.25, -0.2) is 9.37 Å². The lowest BCUT2D eigenvalue weighted by Crippen LogP contribution is -2.40. The van der Waals surface area contributed by atoms with Gasteiger partial charge in [-0.05, 0) is 42.8 Å². The molecule has 0 fully saturated rings. The molecular formula is C19H17FN4O2. The third-order valence-corrected chi connectivity index (χ3v) is 4.19. The first-order valence-electron chi connectivity index (χ1n) is 8.30. The van der Waals surface area contributed by atoms with E-state index in [1.165, 1.54) is 17.0 Å². The first kappa shape index (κ1) is 16.3. The van der Waals surface area contributed by atoms with Gasteiger partial charge < -0.3 is 4.74 Å². The molecule has 0 aliphatic carbocycles. The van der Waals surface area contributed by atoms with Gasteiger partial charge in [-0.2, -0.15) is 5.10 Å². The predicted molar refractivity (Wildman–Crippen MR) is 93.6 cm³/mol. The van der Waals surface area contributed by atoms with Crippen molar-refractivity contribution in [2.24, 2.45) is 0 Å². The van der Waals surface area contributed by atoms with E-state index in [9.17, 15) is 9.18 Å². The van der Waals surface area contributed by atoms with Crippen molar-refractivity contribution in [2.45, 2.75) is 20.1 Å². The first-order chi connectivity index (χ1) is 12.6. The summed E-state index contributed by atoms with van der Waals surface area (Å²) >= 11 is 0. The number of pyridine rings is 1. The van der Waals surface area contributed by atoms with Crippen LogP contribution in [0.2, 0.25) is 0 Å². The lowest BCUT2D eigenvalue weighted by molar-refractivity contribution is 0.0961. The normalized spacial score (nSPS) is 13.6. The molecule has 3 aromatic rings. The second kappa shape index (κ2) is 6.59. The SMILES string of the molecule is Cc1cccc(OCc2cc3n(n2)CCN(c2ccc(F)cn2)C3=O)c1. The Hall–Kier alpha value is -3.22. The minimum absolute atomic E-state index is 0.204. The summed E-state index contributed by atoms with van der Waals surface area (Å²) in [6.45, 7) is 3.26. The van der Waals surface area contributed by atoms with Crippen LogP contribution in [0.3, 0.4) is 0 Å². The minimum atomic E-state index is -0.432. The molecule has 0 bridgehead atoms. The van der Waals surface area contributed by atoms with Crippen molar-refractivity contribution >= 4 is 11.7 Å². The molecule has 0 saturated heterocycles. The van der Waals surface area contributed by atoms with Gasteiger partial charge in [-0.3, -0.25) is 14.4 Å². The zero-order chi connectivity index (χ0) is 18.1. The number of hydrogen-bond donors (Lipinski definition) is 0. The van der Waals surface area contributed by atoms with Crippen molar-refractivity contribution in [1.82, 2.24) is 14.8 Å². The van der Waals surface area contributed by atoms with Crippen LogP contribution in [-0.4, -0.2) is 27.2 Å². The smallest absolute Gasteiger partial charge is 0.277 e. The van der Waals surface area contributed by atoms with Gasteiger partial charge in [0.05, 0.1) is 12.7 Å². The summed E-state index contributed by atoms with van der Waals surface area (Å²) in [5.41, 5.74) is 2.28. The Balaban J connectivity index is 1.51. The van der Waals surface area contributed by atoms with Gasteiger partial charge in [0, 0.05) is 6.54 Å². The number of hydrogen-bond acceptors (Lipinski definition) is 4. The average molecular weight is 352 g/mol. The maximum atomic E-state index is 13.0. The molecule has 1 amide bonds. The number of carbonyl (C=O) groups is 1. The van der Waals surface area contributed by atoms with E-state index in [4.69, 9.17) is 4.74 Å². The summed E-state index contributed by atoms with van der Waals surface area (Å²) in [5, 5.41) is 4.44. The second-order valence-electron chi connectivity index (χ2n) is 6.14. The number of anilines is 1. The number of ether oxygens (including phenoxy) is 1. The van der Waals surface area contributed by atoms with E-state index in [1.54, 1.807) is 10.7 Å². The van der Waals surface area contributed by atoms with E-state index in [0.717, 1.165) is 17.5 Å². The standard InChI is InChI=1S/C19H17FN4O2/c1-13-3-2-4-16(9-13)26-12-15-10-17-19(25)23(7-8-24(17)22-15)18-6-5-14(20)11-21-18/h2-6,9-11H,7-8,12H2,1H3. The zero-order valence-electron chi connectivity index (χ0n) is 14.2. The Labute approximate surface area is 149 Å².